The Balaban J connectivity index is 2.23. The quantitative estimate of drug-likeness (QED) is 0.295. The van der Waals surface area contributed by atoms with Gasteiger partial charge in [-0.2, -0.15) is 0 Å². The van der Waals surface area contributed by atoms with Gasteiger partial charge >= 0.3 is 0 Å². The summed E-state index contributed by atoms with van der Waals surface area (Å²) >= 11 is 6.57. The Hall–Kier alpha value is -2.06. The molecule has 2 nitrogen and oxygen atoms in total. The largest absolute Gasteiger partial charge is 0.254 e. The van der Waals surface area contributed by atoms with Crippen molar-refractivity contribution in [2.45, 2.75) is 71.6 Å². The number of imidazole rings is 1. The Morgan fingerprint density at radius 2 is 1.21 bits per heavy atom. The number of hydrogen-bond acceptors (Lipinski definition) is 0. The lowest BCUT2D eigenvalue weighted by Gasteiger charge is -2.17. The second-order valence-electron chi connectivity index (χ2n) is 8.88. The van der Waals surface area contributed by atoms with Crippen molar-refractivity contribution < 1.29 is 4.57 Å². The molecule has 0 aliphatic carbocycles. The molecule has 29 heavy (non-hydrogen) atoms. The first-order valence-corrected chi connectivity index (χ1v) is 11.2. The molecule has 3 rings (SSSR count). The van der Waals surface area contributed by atoms with E-state index in [0.29, 0.717) is 17.8 Å². The molecular formula is C26H34ClN2+. The Morgan fingerprint density at radius 1 is 0.724 bits per heavy atom. The molecule has 1 atom stereocenters. The van der Waals surface area contributed by atoms with Crippen LogP contribution in [-0.2, 0) is 0 Å². The molecule has 1 unspecified atom stereocenters. The molecule has 1 heterocycles. The summed E-state index contributed by atoms with van der Waals surface area (Å²) in [5.74, 6) is 1.34. The summed E-state index contributed by atoms with van der Waals surface area (Å²) in [6.07, 6.45) is 6.54. The van der Waals surface area contributed by atoms with Gasteiger partial charge in [0.15, 0.2) is 0 Å². The Morgan fingerprint density at radius 3 is 1.69 bits per heavy atom. The van der Waals surface area contributed by atoms with Gasteiger partial charge in [-0.3, -0.25) is 0 Å². The number of para-hydroxylation sites is 2. The predicted octanol–water partition coefficient (Wildman–Crippen LogP) is 7.42. The molecule has 0 amide bonds. The highest BCUT2D eigenvalue weighted by Crippen LogP contribution is 2.32. The number of benzene rings is 2. The van der Waals surface area contributed by atoms with Gasteiger partial charge in [0, 0.05) is 22.3 Å². The first-order valence-electron chi connectivity index (χ1n) is 10.7. The van der Waals surface area contributed by atoms with E-state index in [1.807, 2.05) is 6.92 Å². The van der Waals surface area contributed by atoms with Crippen molar-refractivity contribution in [3.05, 3.63) is 77.4 Å². The molecule has 0 aliphatic heterocycles. The fraction of sp³-hybridized carbons (Fsp3) is 0.423. The predicted molar refractivity (Wildman–Crippen MR) is 124 cm³/mol. The first kappa shape index (κ1) is 21.6. The maximum atomic E-state index is 6.57. The van der Waals surface area contributed by atoms with E-state index < -0.39 is 0 Å². The average Bonchev–Trinajstić information content (AvgIpc) is 3.15. The van der Waals surface area contributed by atoms with Crippen LogP contribution < -0.4 is 4.57 Å². The van der Waals surface area contributed by atoms with Crippen LogP contribution in [0.1, 0.15) is 93.9 Å². The third-order valence-corrected chi connectivity index (χ3v) is 5.88. The molecule has 0 spiro atoms. The van der Waals surface area contributed by atoms with Gasteiger partial charge in [-0.1, -0.05) is 77.9 Å². The molecule has 3 aromatic rings. The van der Waals surface area contributed by atoms with E-state index in [-0.39, 0.29) is 5.38 Å². The minimum atomic E-state index is -0.0475. The maximum absolute atomic E-state index is 6.57. The molecule has 3 heteroatoms. The molecule has 0 saturated heterocycles. The summed E-state index contributed by atoms with van der Waals surface area (Å²) in [6.45, 7) is 15.6. The van der Waals surface area contributed by atoms with Gasteiger partial charge in [0.1, 0.15) is 23.8 Å². The summed E-state index contributed by atoms with van der Waals surface area (Å²) in [4.78, 5) is 0. The molecule has 0 fully saturated rings. The second-order valence-corrected chi connectivity index (χ2v) is 9.53. The zero-order valence-electron chi connectivity index (χ0n) is 18.8. The average molecular weight is 410 g/mol. The van der Waals surface area contributed by atoms with Crippen LogP contribution >= 0.6 is 11.6 Å². The molecule has 0 radical (unpaired) electrons. The smallest absolute Gasteiger partial charge is 0.201 e. The minimum Gasteiger partial charge on any atom is -0.201 e. The monoisotopic (exact) mass is 409 g/mol. The van der Waals surface area contributed by atoms with Crippen molar-refractivity contribution in [2.24, 2.45) is 0 Å². The van der Waals surface area contributed by atoms with Crippen LogP contribution in [0, 0.1) is 0 Å². The lowest BCUT2D eigenvalue weighted by molar-refractivity contribution is -0.595. The summed E-state index contributed by atoms with van der Waals surface area (Å²) in [6, 6.07) is 13.2. The number of halogens is 1. The van der Waals surface area contributed by atoms with Crippen molar-refractivity contribution >= 4 is 11.6 Å². The van der Waals surface area contributed by atoms with Gasteiger partial charge in [-0.15, -0.1) is 11.6 Å². The van der Waals surface area contributed by atoms with Crippen LogP contribution in [0.15, 0.2) is 55.1 Å². The van der Waals surface area contributed by atoms with E-state index in [9.17, 15) is 0 Å². The number of aromatic nitrogens is 2. The molecule has 0 aliphatic rings. The van der Waals surface area contributed by atoms with Gasteiger partial charge in [0.05, 0.1) is 5.38 Å². The fourth-order valence-corrected chi connectivity index (χ4v) is 4.27. The second kappa shape index (κ2) is 8.75. The third kappa shape index (κ3) is 4.28. The van der Waals surface area contributed by atoms with E-state index in [4.69, 9.17) is 11.6 Å². The molecule has 0 N–H and O–H groups in total. The summed E-state index contributed by atoms with van der Waals surface area (Å²) in [7, 11) is 0. The Bertz CT molecular complexity index is 850. The highest BCUT2D eigenvalue weighted by Gasteiger charge is 2.24. The SMILES string of the molecule is CC(C)c1cccc(C(C)C)c1-n1cc[n+](-c2c(C(C)C)cccc2C(C)Cl)c1. The number of alkyl halides is 1. The van der Waals surface area contributed by atoms with Crippen LogP contribution in [0.5, 0.6) is 0 Å². The third-order valence-electron chi connectivity index (χ3n) is 5.64. The van der Waals surface area contributed by atoms with Crippen molar-refractivity contribution in [3.8, 4) is 11.4 Å². The molecule has 0 saturated carbocycles. The minimum absolute atomic E-state index is 0.0475. The zero-order chi connectivity index (χ0) is 21.3. The van der Waals surface area contributed by atoms with Gasteiger partial charge in [-0.05, 0) is 24.7 Å². The van der Waals surface area contributed by atoms with Gasteiger partial charge in [0.25, 0.3) is 6.33 Å². The summed E-state index contributed by atoms with van der Waals surface area (Å²) < 4.78 is 4.52. The van der Waals surface area contributed by atoms with Crippen molar-refractivity contribution in [3.63, 3.8) is 0 Å². The van der Waals surface area contributed by atoms with Crippen LogP contribution in [-0.4, -0.2) is 4.57 Å². The van der Waals surface area contributed by atoms with Crippen molar-refractivity contribution in [1.82, 2.24) is 4.57 Å². The first-order chi connectivity index (χ1) is 13.7. The zero-order valence-corrected chi connectivity index (χ0v) is 19.5. The highest BCUT2D eigenvalue weighted by molar-refractivity contribution is 6.20. The van der Waals surface area contributed by atoms with Gasteiger partial charge in [0.2, 0.25) is 0 Å². The summed E-state index contributed by atoms with van der Waals surface area (Å²) in [5, 5.41) is -0.0475. The van der Waals surface area contributed by atoms with Crippen molar-refractivity contribution in [2.75, 3.05) is 0 Å². The highest BCUT2D eigenvalue weighted by atomic mass is 35.5. The van der Waals surface area contributed by atoms with Crippen LogP contribution in [0.4, 0.5) is 0 Å². The fourth-order valence-electron chi connectivity index (χ4n) is 4.09. The molecule has 154 valence electrons. The number of rotatable bonds is 6. The molecule has 1 aromatic heterocycles. The summed E-state index contributed by atoms with van der Waals surface area (Å²) in [5.41, 5.74) is 7.75. The van der Waals surface area contributed by atoms with Crippen molar-refractivity contribution in [1.29, 1.82) is 0 Å². The molecular weight excluding hydrogens is 376 g/mol. The Labute approximate surface area is 181 Å². The van der Waals surface area contributed by atoms with Crippen LogP contribution in [0.3, 0.4) is 0 Å². The van der Waals surface area contributed by atoms with Gasteiger partial charge in [-0.25, -0.2) is 9.13 Å². The van der Waals surface area contributed by atoms with Crippen LogP contribution in [0.2, 0.25) is 0 Å². The van der Waals surface area contributed by atoms with E-state index in [1.54, 1.807) is 0 Å². The lowest BCUT2D eigenvalue weighted by Crippen LogP contribution is -2.31. The normalized spacial score (nSPS) is 12.9. The van der Waals surface area contributed by atoms with E-state index in [0.717, 1.165) is 0 Å². The molecule has 0 bridgehead atoms. The topological polar surface area (TPSA) is 8.81 Å². The van der Waals surface area contributed by atoms with Crippen LogP contribution in [0.25, 0.3) is 11.4 Å². The molecule has 2 aromatic carbocycles. The maximum Gasteiger partial charge on any atom is 0.254 e. The number of hydrogen-bond donors (Lipinski definition) is 0. The standard InChI is InChI=1S/C26H34ClN2/c1-17(2)21-10-8-11-22(18(3)4)25(21)28-14-15-29(16-28)26-23(19(5)6)12-9-13-24(26)20(7)27/h8-20H,1-7H3/q+1. The number of nitrogens with zero attached hydrogens (tertiary/aromatic N) is 2. The van der Waals surface area contributed by atoms with E-state index >= 15 is 0 Å². The van der Waals surface area contributed by atoms with E-state index in [2.05, 4.69) is 106 Å². The Kier molecular flexibility index (Phi) is 6.53. The van der Waals surface area contributed by atoms with E-state index in [1.165, 1.54) is 33.6 Å². The lowest BCUT2D eigenvalue weighted by atomic mass is 9.92. The van der Waals surface area contributed by atoms with Gasteiger partial charge < -0.3 is 0 Å².